The second-order valence-corrected chi connectivity index (χ2v) is 7.61. The number of thiophene rings is 1. The molecule has 1 aliphatic carbocycles. The fourth-order valence-corrected chi connectivity index (χ4v) is 4.80. The predicted octanol–water partition coefficient (Wildman–Crippen LogP) is 5.36. The van der Waals surface area contributed by atoms with Crippen molar-refractivity contribution in [2.45, 2.75) is 32.6 Å². The van der Waals surface area contributed by atoms with Crippen LogP contribution in [0.2, 0.25) is 10.0 Å². The second-order valence-electron chi connectivity index (χ2n) is 5.69. The average molecular weight is 398 g/mol. The number of rotatable bonds is 4. The Kier molecular flexibility index (Phi) is 5.67. The van der Waals surface area contributed by atoms with Crippen molar-refractivity contribution in [2.75, 3.05) is 11.9 Å². The lowest BCUT2D eigenvalue weighted by atomic mass is 9.95. The Morgan fingerprint density at radius 3 is 2.52 bits per heavy atom. The molecule has 1 heterocycles. The van der Waals surface area contributed by atoms with Crippen LogP contribution in [0.4, 0.5) is 5.00 Å². The fraction of sp³-hybridized carbons (Fsp3) is 0.333. The van der Waals surface area contributed by atoms with Gasteiger partial charge in [-0.3, -0.25) is 4.79 Å². The Bertz CT molecular complexity index is 812. The number of carbonyl (C=O) groups excluding carboxylic acids is 2. The number of esters is 1. The van der Waals surface area contributed by atoms with E-state index in [9.17, 15) is 9.59 Å². The van der Waals surface area contributed by atoms with Gasteiger partial charge in [-0.25, -0.2) is 4.79 Å². The molecule has 1 amide bonds. The molecule has 1 N–H and O–H groups in total. The summed E-state index contributed by atoms with van der Waals surface area (Å²) in [5.74, 6) is -0.831. The molecule has 0 bridgehead atoms. The highest BCUT2D eigenvalue weighted by molar-refractivity contribution is 7.17. The van der Waals surface area contributed by atoms with E-state index in [-0.39, 0.29) is 22.2 Å². The first kappa shape index (κ1) is 18.2. The van der Waals surface area contributed by atoms with Gasteiger partial charge in [0.15, 0.2) is 0 Å². The van der Waals surface area contributed by atoms with Crippen LogP contribution in [0.15, 0.2) is 18.2 Å². The molecule has 2 aromatic rings. The lowest BCUT2D eigenvalue weighted by Crippen LogP contribution is -2.16. The van der Waals surface area contributed by atoms with Crippen molar-refractivity contribution in [2.24, 2.45) is 0 Å². The summed E-state index contributed by atoms with van der Waals surface area (Å²) in [6.45, 7) is 2.05. The van der Waals surface area contributed by atoms with Gasteiger partial charge in [-0.05, 0) is 50.3 Å². The normalized spacial score (nSPS) is 13.2. The maximum atomic E-state index is 12.7. The van der Waals surface area contributed by atoms with Crippen molar-refractivity contribution in [1.29, 1.82) is 0 Å². The summed E-state index contributed by atoms with van der Waals surface area (Å²) in [5.41, 5.74) is 1.67. The van der Waals surface area contributed by atoms with Crippen molar-refractivity contribution >= 4 is 51.4 Å². The van der Waals surface area contributed by atoms with E-state index >= 15 is 0 Å². The average Bonchev–Trinajstić information content (AvgIpc) is 2.92. The third-order valence-electron chi connectivity index (χ3n) is 4.07. The molecule has 3 rings (SSSR count). The van der Waals surface area contributed by atoms with E-state index in [0.29, 0.717) is 10.6 Å². The second kappa shape index (κ2) is 7.77. The minimum absolute atomic E-state index is 0.201. The zero-order valence-corrected chi connectivity index (χ0v) is 16.0. The van der Waals surface area contributed by atoms with Crippen molar-refractivity contribution in [3.8, 4) is 0 Å². The lowest BCUT2D eigenvalue weighted by Gasteiger charge is -2.12. The molecule has 0 aliphatic heterocycles. The van der Waals surface area contributed by atoms with Crippen LogP contribution < -0.4 is 5.32 Å². The number of hydrogen-bond donors (Lipinski definition) is 1. The van der Waals surface area contributed by atoms with E-state index in [0.717, 1.165) is 36.1 Å². The Morgan fingerprint density at radius 2 is 1.84 bits per heavy atom. The summed E-state index contributed by atoms with van der Waals surface area (Å²) in [5, 5.41) is 3.86. The number of ether oxygens (including phenoxy) is 1. The maximum Gasteiger partial charge on any atom is 0.341 e. The van der Waals surface area contributed by atoms with Gasteiger partial charge in [0.2, 0.25) is 0 Å². The summed E-state index contributed by atoms with van der Waals surface area (Å²) >= 11 is 13.7. The predicted molar refractivity (Wildman–Crippen MR) is 101 cm³/mol. The number of carbonyl (C=O) groups is 2. The summed E-state index contributed by atoms with van der Waals surface area (Å²) in [7, 11) is 0. The number of halogens is 2. The molecule has 0 radical (unpaired) electrons. The standard InChI is InChI=1S/C18H17Cl2NO3S/c1-2-24-18(23)14-10-6-3-4-9-13(10)25-17(14)21-16(22)15-11(19)7-5-8-12(15)20/h5,7-8H,2-4,6,9H2,1H3,(H,21,22). The SMILES string of the molecule is CCOC(=O)c1c(NC(=O)c2c(Cl)cccc2Cl)sc2c1CCCC2. The largest absolute Gasteiger partial charge is 0.462 e. The van der Waals surface area contributed by atoms with Crippen molar-refractivity contribution in [3.63, 3.8) is 0 Å². The van der Waals surface area contributed by atoms with Crippen LogP contribution in [0.1, 0.15) is 50.9 Å². The number of nitrogens with one attached hydrogen (secondary N) is 1. The molecule has 1 aliphatic rings. The molecule has 132 valence electrons. The van der Waals surface area contributed by atoms with Gasteiger partial charge in [-0.2, -0.15) is 0 Å². The molecule has 1 aromatic carbocycles. The van der Waals surface area contributed by atoms with Crippen LogP contribution in [0.25, 0.3) is 0 Å². The van der Waals surface area contributed by atoms with Gasteiger partial charge in [0.1, 0.15) is 5.00 Å². The summed E-state index contributed by atoms with van der Waals surface area (Å²) in [6, 6.07) is 4.89. The Morgan fingerprint density at radius 1 is 1.16 bits per heavy atom. The summed E-state index contributed by atoms with van der Waals surface area (Å²) in [4.78, 5) is 26.2. The number of aryl methyl sites for hydroxylation is 1. The van der Waals surface area contributed by atoms with Crippen LogP contribution in [0.3, 0.4) is 0 Å². The van der Waals surface area contributed by atoms with E-state index in [2.05, 4.69) is 5.32 Å². The van der Waals surface area contributed by atoms with Crippen LogP contribution in [-0.2, 0) is 17.6 Å². The van der Waals surface area contributed by atoms with Crippen LogP contribution in [-0.4, -0.2) is 18.5 Å². The number of amides is 1. The molecule has 0 saturated heterocycles. The van der Waals surface area contributed by atoms with Crippen LogP contribution in [0.5, 0.6) is 0 Å². The third kappa shape index (κ3) is 3.68. The molecular weight excluding hydrogens is 381 g/mol. The molecule has 25 heavy (non-hydrogen) atoms. The smallest absolute Gasteiger partial charge is 0.341 e. The molecule has 7 heteroatoms. The van der Waals surface area contributed by atoms with Gasteiger partial charge in [-0.1, -0.05) is 29.3 Å². The first-order valence-electron chi connectivity index (χ1n) is 8.10. The van der Waals surface area contributed by atoms with E-state index in [4.69, 9.17) is 27.9 Å². The van der Waals surface area contributed by atoms with Gasteiger partial charge < -0.3 is 10.1 Å². The van der Waals surface area contributed by atoms with Crippen LogP contribution in [0, 0.1) is 0 Å². The van der Waals surface area contributed by atoms with Crippen molar-refractivity contribution in [3.05, 3.63) is 49.8 Å². The van der Waals surface area contributed by atoms with Gasteiger partial charge in [0.05, 0.1) is 27.8 Å². The molecule has 0 unspecified atom stereocenters. The number of hydrogen-bond acceptors (Lipinski definition) is 4. The molecular formula is C18H17Cl2NO3S. The van der Waals surface area contributed by atoms with Crippen LogP contribution >= 0.6 is 34.5 Å². The van der Waals surface area contributed by atoms with Gasteiger partial charge >= 0.3 is 5.97 Å². The highest BCUT2D eigenvalue weighted by Crippen LogP contribution is 2.39. The highest BCUT2D eigenvalue weighted by Gasteiger charge is 2.28. The monoisotopic (exact) mass is 397 g/mol. The minimum Gasteiger partial charge on any atom is -0.462 e. The Balaban J connectivity index is 1.98. The molecule has 4 nitrogen and oxygen atoms in total. The molecule has 0 spiro atoms. The van der Waals surface area contributed by atoms with Gasteiger partial charge in [0, 0.05) is 4.88 Å². The van der Waals surface area contributed by atoms with Gasteiger partial charge in [-0.15, -0.1) is 11.3 Å². The summed E-state index contributed by atoms with van der Waals surface area (Å²) in [6.07, 6.45) is 3.84. The quantitative estimate of drug-likeness (QED) is 0.706. The Labute approximate surface area is 160 Å². The van der Waals surface area contributed by atoms with E-state index in [1.807, 2.05) is 0 Å². The van der Waals surface area contributed by atoms with Crippen molar-refractivity contribution in [1.82, 2.24) is 0 Å². The van der Waals surface area contributed by atoms with E-state index in [1.165, 1.54) is 11.3 Å². The maximum absolute atomic E-state index is 12.7. The Hall–Kier alpha value is -1.56. The van der Waals surface area contributed by atoms with Crippen molar-refractivity contribution < 1.29 is 14.3 Å². The molecule has 0 atom stereocenters. The number of anilines is 1. The van der Waals surface area contributed by atoms with E-state index < -0.39 is 11.9 Å². The number of benzene rings is 1. The first-order valence-corrected chi connectivity index (χ1v) is 9.67. The topological polar surface area (TPSA) is 55.4 Å². The third-order valence-corrected chi connectivity index (χ3v) is 5.90. The first-order chi connectivity index (χ1) is 12.0. The summed E-state index contributed by atoms with van der Waals surface area (Å²) < 4.78 is 5.19. The zero-order chi connectivity index (χ0) is 18.0. The molecule has 0 fully saturated rings. The fourth-order valence-electron chi connectivity index (χ4n) is 2.95. The highest BCUT2D eigenvalue weighted by atomic mass is 35.5. The molecule has 1 aromatic heterocycles. The minimum atomic E-state index is -0.431. The lowest BCUT2D eigenvalue weighted by molar-refractivity contribution is 0.0526. The van der Waals surface area contributed by atoms with E-state index in [1.54, 1.807) is 25.1 Å². The molecule has 0 saturated carbocycles. The number of fused-ring (bicyclic) bond motifs is 1. The van der Waals surface area contributed by atoms with Gasteiger partial charge in [0.25, 0.3) is 5.91 Å². The zero-order valence-electron chi connectivity index (χ0n) is 13.7.